The molecular weight excluding hydrogens is 160 g/mol. The highest BCUT2D eigenvalue weighted by Gasteiger charge is 2.30. The van der Waals surface area contributed by atoms with Gasteiger partial charge in [-0.3, -0.25) is 4.90 Å². The van der Waals surface area contributed by atoms with Crippen molar-refractivity contribution in [3.63, 3.8) is 0 Å². The highest BCUT2D eigenvalue weighted by atomic mass is 19.3. The molecule has 1 aliphatic rings. The van der Waals surface area contributed by atoms with Crippen LogP contribution in [0.2, 0.25) is 0 Å². The van der Waals surface area contributed by atoms with Gasteiger partial charge in [-0.15, -0.1) is 0 Å². The zero-order chi connectivity index (χ0) is 9.14. The Bertz CT molecular complexity index is 138. The Balaban J connectivity index is 2.38. The van der Waals surface area contributed by atoms with Crippen LogP contribution in [0.5, 0.6) is 0 Å². The van der Waals surface area contributed by atoms with Crippen molar-refractivity contribution in [2.75, 3.05) is 13.1 Å². The molecular formula is C9H17F2N. The average Bonchev–Trinajstić information content (AvgIpc) is 2.32. The fourth-order valence-electron chi connectivity index (χ4n) is 2.05. The van der Waals surface area contributed by atoms with Gasteiger partial charge in [-0.25, -0.2) is 8.78 Å². The Morgan fingerprint density at radius 2 is 2.17 bits per heavy atom. The summed E-state index contributed by atoms with van der Waals surface area (Å²) in [4.78, 5) is 1.90. The first-order valence-corrected chi connectivity index (χ1v) is 4.67. The number of halogens is 2. The van der Waals surface area contributed by atoms with E-state index in [9.17, 15) is 8.78 Å². The topological polar surface area (TPSA) is 3.24 Å². The van der Waals surface area contributed by atoms with E-state index in [1.807, 2.05) is 4.90 Å². The fourth-order valence-corrected chi connectivity index (χ4v) is 2.05. The summed E-state index contributed by atoms with van der Waals surface area (Å²) >= 11 is 0. The van der Waals surface area contributed by atoms with Crippen molar-refractivity contribution in [2.45, 2.75) is 39.2 Å². The number of nitrogens with zero attached hydrogens (tertiary/aromatic N) is 1. The van der Waals surface area contributed by atoms with Crippen LogP contribution >= 0.6 is 0 Å². The van der Waals surface area contributed by atoms with Gasteiger partial charge in [-0.1, -0.05) is 13.3 Å². The summed E-state index contributed by atoms with van der Waals surface area (Å²) in [7, 11) is 0. The van der Waals surface area contributed by atoms with E-state index >= 15 is 0 Å². The number of likely N-dealkylation sites (tertiary alicyclic amines) is 1. The summed E-state index contributed by atoms with van der Waals surface area (Å²) in [5.41, 5.74) is 0. The Morgan fingerprint density at radius 3 is 2.58 bits per heavy atom. The van der Waals surface area contributed by atoms with Crippen molar-refractivity contribution >= 4 is 0 Å². The molecule has 1 saturated heterocycles. The Morgan fingerprint density at radius 1 is 1.50 bits per heavy atom. The van der Waals surface area contributed by atoms with E-state index in [-0.39, 0.29) is 6.54 Å². The van der Waals surface area contributed by atoms with Gasteiger partial charge in [0.15, 0.2) is 0 Å². The molecule has 0 spiro atoms. The van der Waals surface area contributed by atoms with Gasteiger partial charge in [-0.05, 0) is 25.8 Å². The molecule has 2 unspecified atom stereocenters. The zero-order valence-electron chi connectivity index (χ0n) is 7.76. The van der Waals surface area contributed by atoms with Gasteiger partial charge in [-0.2, -0.15) is 0 Å². The first-order valence-electron chi connectivity index (χ1n) is 4.67. The molecule has 0 aromatic rings. The number of rotatable bonds is 3. The third kappa shape index (κ3) is 2.16. The molecule has 1 nitrogen and oxygen atoms in total. The lowest BCUT2D eigenvalue weighted by atomic mass is 9.99. The lowest BCUT2D eigenvalue weighted by Gasteiger charge is -2.23. The van der Waals surface area contributed by atoms with Crippen LogP contribution in [-0.2, 0) is 0 Å². The second kappa shape index (κ2) is 4.17. The Labute approximate surface area is 72.7 Å². The standard InChI is InChI=1S/C9H17F2N/c1-3-8-4-5-12(7(8)2)6-9(10)11/h7-9H,3-6H2,1-2H3. The van der Waals surface area contributed by atoms with Crippen LogP contribution in [-0.4, -0.2) is 30.5 Å². The van der Waals surface area contributed by atoms with E-state index < -0.39 is 6.43 Å². The van der Waals surface area contributed by atoms with Crippen LogP contribution in [0.25, 0.3) is 0 Å². The van der Waals surface area contributed by atoms with Crippen LogP contribution in [0.4, 0.5) is 8.78 Å². The highest BCUT2D eigenvalue weighted by molar-refractivity contribution is 4.83. The summed E-state index contributed by atoms with van der Waals surface area (Å²) in [6, 6.07) is 0.351. The maximum Gasteiger partial charge on any atom is 0.251 e. The third-order valence-corrected chi connectivity index (χ3v) is 2.94. The Hall–Kier alpha value is -0.180. The second-order valence-corrected chi connectivity index (χ2v) is 3.58. The van der Waals surface area contributed by atoms with Gasteiger partial charge < -0.3 is 0 Å². The zero-order valence-corrected chi connectivity index (χ0v) is 7.76. The molecule has 1 heterocycles. The van der Waals surface area contributed by atoms with Gasteiger partial charge >= 0.3 is 0 Å². The molecule has 1 aliphatic heterocycles. The molecule has 0 aromatic carbocycles. The van der Waals surface area contributed by atoms with Crippen LogP contribution in [0, 0.1) is 5.92 Å². The van der Waals surface area contributed by atoms with Gasteiger partial charge in [0.05, 0.1) is 6.54 Å². The molecule has 0 N–H and O–H groups in total. The molecule has 0 aromatic heterocycles. The summed E-state index contributed by atoms with van der Waals surface area (Å²) in [6.45, 7) is 5.00. The first kappa shape index (κ1) is 9.90. The number of alkyl halides is 2. The lowest BCUT2D eigenvalue weighted by Crippen LogP contribution is -2.33. The van der Waals surface area contributed by atoms with E-state index in [1.54, 1.807) is 0 Å². The van der Waals surface area contributed by atoms with E-state index in [1.165, 1.54) is 0 Å². The van der Waals surface area contributed by atoms with E-state index in [0.29, 0.717) is 12.0 Å². The Kier molecular flexibility index (Phi) is 3.44. The van der Waals surface area contributed by atoms with Gasteiger partial charge in [0.1, 0.15) is 0 Å². The van der Waals surface area contributed by atoms with Crippen molar-refractivity contribution in [2.24, 2.45) is 5.92 Å². The third-order valence-electron chi connectivity index (χ3n) is 2.94. The molecule has 0 aliphatic carbocycles. The molecule has 0 amide bonds. The summed E-state index contributed by atoms with van der Waals surface area (Å²) < 4.78 is 24.1. The van der Waals surface area contributed by atoms with Gasteiger partial charge in [0.25, 0.3) is 6.43 Å². The average molecular weight is 177 g/mol. The highest BCUT2D eigenvalue weighted by Crippen LogP contribution is 2.26. The largest absolute Gasteiger partial charge is 0.295 e. The fraction of sp³-hybridized carbons (Fsp3) is 1.00. The van der Waals surface area contributed by atoms with Crippen molar-refractivity contribution in [1.82, 2.24) is 4.90 Å². The first-order chi connectivity index (χ1) is 5.65. The van der Waals surface area contributed by atoms with Crippen LogP contribution < -0.4 is 0 Å². The van der Waals surface area contributed by atoms with E-state index in [2.05, 4.69) is 13.8 Å². The van der Waals surface area contributed by atoms with Crippen molar-refractivity contribution in [3.05, 3.63) is 0 Å². The monoisotopic (exact) mass is 177 g/mol. The summed E-state index contributed by atoms with van der Waals surface area (Å²) in [5.74, 6) is 0.628. The predicted octanol–water partition coefficient (Wildman–Crippen LogP) is 2.37. The van der Waals surface area contributed by atoms with E-state index in [0.717, 1.165) is 19.4 Å². The molecule has 12 heavy (non-hydrogen) atoms. The smallest absolute Gasteiger partial charge is 0.251 e. The molecule has 0 radical (unpaired) electrons. The quantitative estimate of drug-likeness (QED) is 0.639. The second-order valence-electron chi connectivity index (χ2n) is 3.58. The number of hydrogen-bond acceptors (Lipinski definition) is 1. The van der Waals surface area contributed by atoms with Crippen molar-refractivity contribution in [3.8, 4) is 0 Å². The molecule has 2 atom stereocenters. The number of hydrogen-bond donors (Lipinski definition) is 0. The minimum atomic E-state index is -2.18. The van der Waals surface area contributed by atoms with Crippen LogP contribution in [0.3, 0.4) is 0 Å². The summed E-state index contributed by atoms with van der Waals surface area (Å²) in [5, 5.41) is 0. The minimum Gasteiger partial charge on any atom is -0.295 e. The van der Waals surface area contributed by atoms with Gasteiger partial charge in [0, 0.05) is 6.04 Å². The summed E-state index contributed by atoms with van der Waals surface area (Å²) in [6.07, 6.45) is 0.0220. The van der Waals surface area contributed by atoms with Crippen LogP contribution in [0.15, 0.2) is 0 Å². The molecule has 1 fully saturated rings. The maximum absolute atomic E-state index is 12.0. The van der Waals surface area contributed by atoms with Crippen molar-refractivity contribution in [1.29, 1.82) is 0 Å². The normalized spacial score (nSPS) is 31.8. The molecule has 3 heteroatoms. The van der Waals surface area contributed by atoms with Crippen molar-refractivity contribution < 1.29 is 8.78 Å². The minimum absolute atomic E-state index is 0.0440. The molecule has 72 valence electrons. The van der Waals surface area contributed by atoms with Gasteiger partial charge in [0.2, 0.25) is 0 Å². The predicted molar refractivity (Wildman–Crippen MR) is 45.4 cm³/mol. The van der Waals surface area contributed by atoms with E-state index in [4.69, 9.17) is 0 Å². The lowest BCUT2D eigenvalue weighted by molar-refractivity contribution is 0.0807. The molecule has 0 bridgehead atoms. The SMILES string of the molecule is CCC1CCN(CC(F)F)C1C. The maximum atomic E-state index is 12.0. The van der Waals surface area contributed by atoms with Crippen LogP contribution in [0.1, 0.15) is 26.7 Å². The molecule has 1 rings (SSSR count). The molecule has 0 saturated carbocycles.